The van der Waals surface area contributed by atoms with Crippen LogP contribution in [0, 0.1) is 22.7 Å². The third-order valence-electron chi connectivity index (χ3n) is 5.28. The van der Waals surface area contributed by atoms with Crippen LogP contribution < -0.4 is 4.74 Å². The number of nitrogens with zero attached hydrogens (tertiary/aromatic N) is 2. The second-order valence-corrected chi connectivity index (χ2v) is 6.66. The first-order chi connectivity index (χ1) is 12.1. The highest BCUT2D eigenvalue weighted by molar-refractivity contribution is 5.83. The molecule has 0 atom stereocenters. The highest BCUT2D eigenvalue weighted by atomic mass is 16.5. The van der Waals surface area contributed by atoms with E-state index in [4.69, 9.17) is 4.74 Å². The van der Waals surface area contributed by atoms with Gasteiger partial charge in [-0.15, -0.1) is 0 Å². The first kappa shape index (κ1) is 17.1. The highest BCUT2D eigenvalue weighted by Crippen LogP contribution is 2.55. The molecule has 2 aromatic carbocycles. The summed E-state index contributed by atoms with van der Waals surface area (Å²) in [5.74, 6) is 0.611. The van der Waals surface area contributed by atoms with Gasteiger partial charge >= 0.3 is 0 Å². The van der Waals surface area contributed by atoms with Crippen LogP contribution in [0.25, 0.3) is 11.1 Å². The molecule has 0 spiro atoms. The fraction of sp³-hybridized carbons (Fsp3) is 0.364. The maximum Gasteiger partial charge on any atom is 0.137 e. The second kappa shape index (κ2) is 6.61. The van der Waals surface area contributed by atoms with Crippen molar-refractivity contribution in [3.8, 4) is 29.0 Å². The Morgan fingerprint density at radius 3 is 2.16 bits per heavy atom. The Morgan fingerprint density at radius 2 is 1.60 bits per heavy atom. The molecular formula is C22H22N2O. The van der Waals surface area contributed by atoms with Crippen molar-refractivity contribution in [1.29, 1.82) is 10.5 Å². The van der Waals surface area contributed by atoms with E-state index in [-0.39, 0.29) is 5.41 Å². The van der Waals surface area contributed by atoms with Crippen molar-refractivity contribution in [1.82, 2.24) is 0 Å². The minimum absolute atomic E-state index is 0.126. The summed E-state index contributed by atoms with van der Waals surface area (Å²) in [5.41, 5.74) is 5.87. The summed E-state index contributed by atoms with van der Waals surface area (Å²) in [4.78, 5) is 0. The van der Waals surface area contributed by atoms with Crippen molar-refractivity contribution in [3.63, 3.8) is 0 Å². The van der Waals surface area contributed by atoms with Gasteiger partial charge in [-0.05, 0) is 59.4 Å². The number of fused-ring (bicyclic) bond motifs is 3. The van der Waals surface area contributed by atoms with E-state index in [0.717, 1.165) is 31.2 Å². The van der Waals surface area contributed by atoms with Crippen molar-refractivity contribution < 1.29 is 4.74 Å². The quantitative estimate of drug-likeness (QED) is 0.747. The zero-order chi connectivity index (χ0) is 18.0. The summed E-state index contributed by atoms with van der Waals surface area (Å²) in [5, 5.41) is 18.9. The van der Waals surface area contributed by atoms with Crippen LogP contribution >= 0.6 is 0 Å². The van der Waals surface area contributed by atoms with Gasteiger partial charge in [-0.25, -0.2) is 0 Å². The van der Waals surface area contributed by atoms with E-state index in [1.54, 1.807) is 7.11 Å². The number of ether oxygens (including phenoxy) is 1. The normalized spacial score (nSPS) is 13.5. The van der Waals surface area contributed by atoms with E-state index in [1.807, 2.05) is 30.3 Å². The standard InChI is InChI=1S/C22H22N2O/c1-4-8-22(9-5-2)19-10-15(13-23)6-7-17(19)18-12-21(25-3)16(14-24)11-20(18)22/h6-7,10-12H,4-5,8-9H2,1-3H3. The molecule has 0 amide bonds. The summed E-state index contributed by atoms with van der Waals surface area (Å²) in [6, 6.07) is 14.5. The summed E-state index contributed by atoms with van der Waals surface area (Å²) >= 11 is 0. The summed E-state index contributed by atoms with van der Waals surface area (Å²) < 4.78 is 5.43. The van der Waals surface area contributed by atoms with Crippen LogP contribution in [0.1, 0.15) is 61.8 Å². The van der Waals surface area contributed by atoms with Gasteiger partial charge in [0.2, 0.25) is 0 Å². The van der Waals surface area contributed by atoms with E-state index >= 15 is 0 Å². The molecule has 0 aromatic heterocycles. The molecule has 0 fully saturated rings. The molecule has 0 saturated heterocycles. The van der Waals surface area contributed by atoms with Crippen LogP contribution in [0.2, 0.25) is 0 Å². The lowest BCUT2D eigenvalue weighted by molar-refractivity contribution is 0.411. The van der Waals surface area contributed by atoms with Gasteiger partial charge in [0.15, 0.2) is 0 Å². The van der Waals surface area contributed by atoms with Crippen molar-refractivity contribution >= 4 is 0 Å². The third-order valence-corrected chi connectivity index (χ3v) is 5.28. The van der Waals surface area contributed by atoms with Crippen LogP contribution in [0.5, 0.6) is 5.75 Å². The van der Waals surface area contributed by atoms with Gasteiger partial charge in [0.25, 0.3) is 0 Å². The largest absolute Gasteiger partial charge is 0.495 e. The van der Waals surface area contributed by atoms with Crippen molar-refractivity contribution in [2.75, 3.05) is 7.11 Å². The molecule has 1 aliphatic rings. The van der Waals surface area contributed by atoms with Gasteiger partial charge in [-0.3, -0.25) is 0 Å². The Morgan fingerprint density at radius 1 is 0.920 bits per heavy atom. The monoisotopic (exact) mass is 330 g/mol. The summed E-state index contributed by atoms with van der Waals surface area (Å²) in [6.07, 6.45) is 4.10. The molecular weight excluding hydrogens is 308 g/mol. The molecule has 3 heteroatoms. The number of benzene rings is 2. The van der Waals surface area contributed by atoms with Crippen molar-refractivity contribution in [3.05, 3.63) is 52.6 Å². The van der Waals surface area contributed by atoms with Gasteiger partial charge in [0, 0.05) is 5.41 Å². The second-order valence-electron chi connectivity index (χ2n) is 6.66. The number of methoxy groups -OCH3 is 1. The van der Waals surface area contributed by atoms with Crippen LogP contribution in [-0.4, -0.2) is 7.11 Å². The molecule has 0 unspecified atom stereocenters. The Bertz CT molecular complexity index is 893. The van der Waals surface area contributed by atoms with E-state index in [9.17, 15) is 10.5 Å². The maximum atomic E-state index is 9.54. The molecule has 0 radical (unpaired) electrons. The van der Waals surface area contributed by atoms with Crippen LogP contribution in [0.4, 0.5) is 0 Å². The molecule has 0 N–H and O–H groups in total. The lowest BCUT2D eigenvalue weighted by atomic mass is 9.71. The zero-order valence-electron chi connectivity index (χ0n) is 15.0. The van der Waals surface area contributed by atoms with E-state index in [1.165, 1.54) is 16.7 Å². The highest BCUT2D eigenvalue weighted by Gasteiger charge is 2.42. The number of hydrogen-bond acceptors (Lipinski definition) is 3. The molecule has 0 heterocycles. The van der Waals surface area contributed by atoms with E-state index in [0.29, 0.717) is 16.9 Å². The van der Waals surface area contributed by atoms with Crippen LogP contribution in [0.15, 0.2) is 30.3 Å². The lowest BCUT2D eigenvalue weighted by Gasteiger charge is -2.32. The van der Waals surface area contributed by atoms with Gasteiger partial charge < -0.3 is 4.74 Å². The Kier molecular flexibility index (Phi) is 4.51. The average Bonchev–Trinajstić information content (AvgIpc) is 2.90. The van der Waals surface area contributed by atoms with E-state index in [2.05, 4.69) is 26.0 Å². The average molecular weight is 330 g/mol. The molecule has 3 nitrogen and oxygen atoms in total. The molecule has 1 aliphatic carbocycles. The van der Waals surface area contributed by atoms with Gasteiger partial charge in [-0.1, -0.05) is 32.8 Å². The Labute approximate surface area is 149 Å². The first-order valence-electron chi connectivity index (χ1n) is 8.82. The van der Waals surface area contributed by atoms with Crippen molar-refractivity contribution in [2.24, 2.45) is 0 Å². The first-order valence-corrected chi connectivity index (χ1v) is 8.82. The SMILES string of the molecule is CCCC1(CCC)c2cc(C#N)ccc2-c2cc(OC)c(C#N)cc21. The van der Waals surface area contributed by atoms with Crippen LogP contribution in [0.3, 0.4) is 0 Å². The minimum atomic E-state index is -0.126. The third kappa shape index (κ3) is 2.48. The molecule has 2 aromatic rings. The predicted octanol–water partition coefficient (Wildman–Crippen LogP) is 5.31. The Balaban J connectivity index is 2.38. The molecule has 0 aliphatic heterocycles. The Hall–Kier alpha value is -2.78. The fourth-order valence-electron chi connectivity index (χ4n) is 4.36. The lowest BCUT2D eigenvalue weighted by Crippen LogP contribution is -2.25. The van der Waals surface area contributed by atoms with Gasteiger partial charge in [0.1, 0.15) is 11.8 Å². The molecule has 3 rings (SSSR count). The topological polar surface area (TPSA) is 56.8 Å². The fourth-order valence-corrected chi connectivity index (χ4v) is 4.36. The molecule has 25 heavy (non-hydrogen) atoms. The van der Waals surface area contributed by atoms with Crippen LogP contribution in [-0.2, 0) is 5.41 Å². The van der Waals surface area contributed by atoms with E-state index < -0.39 is 0 Å². The number of hydrogen-bond donors (Lipinski definition) is 0. The van der Waals surface area contributed by atoms with Gasteiger partial charge in [0.05, 0.1) is 24.3 Å². The van der Waals surface area contributed by atoms with Crippen molar-refractivity contribution in [2.45, 2.75) is 44.9 Å². The molecule has 126 valence electrons. The van der Waals surface area contributed by atoms with Gasteiger partial charge in [-0.2, -0.15) is 10.5 Å². The molecule has 0 bridgehead atoms. The minimum Gasteiger partial charge on any atom is -0.495 e. The number of rotatable bonds is 5. The zero-order valence-corrected chi connectivity index (χ0v) is 15.0. The molecule has 0 saturated carbocycles. The predicted molar refractivity (Wildman–Crippen MR) is 98.5 cm³/mol. The number of nitriles is 2. The summed E-state index contributed by atoms with van der Waals surface area (Å²) in [7, 11) is 1.60. The maximum absolute atomic E-state index is 9.54. The summed E-state index contributed by atoms with van der Waals surface area (Å²) in [6.45, 7) is 4.38. The smallest absolute Gasteiger partial charge is 0.137 e.